The molecule has 0 atom stereocenters. The van der Waals surface area contributed by atoms with Crippen molar-refractivity contribution in [1.82, 2.24) is 9.55 Å². The second-order valence-corrected chi connectivity index (χ2v) is 4.93. The smallest absolute Gasteiger partial charge is 0.202 e. The summed E-state index contributed by atoms with van der Waals surface area (Å²) < 4.78 is 2.26. The molecule has 1 saturated carbocycles. The Morgan fingerprint density at radius 1 is 1.47 bits per heavy atom. The Bertz CT molecular complexity index is 310. The van der Waals surface area contributed by atoms with Gasteiger partial charge in [-0.15, -0.1) is 0 Å². The lowest BCUT2D eigenvalue weighted by molar-refractivity contribution is 0.283. The standard InChI is InChI=1S/C12H21N3/c1-3-13-11-14-8-9-15(11)10-12(2)6-4-5-7-12/h8-9H,3-7,10H2,1-2H3,(H,13,14). The highest BCUT2D eigenvalue weighted by Gasteiger charge is 2.29. The minimum absolute atomic E-state index is 0.491. The number of nitrogens with one attached hydrogen (secondary N) is 1. The van der Waals surface area contributed by atoms with Gasteiger partial charge in [0.25, 0.3) is 0 Å². The molecular weight excluding hydrogens is 186 g/mol. The molecule has 1 aliphatic rings. The van der Waals surface area contributed by atoms with Gasteiger partial charge in [0.1, 0.15) is 0 Å². The molecule has 1 N–H and O–H groups in total. The van der Waals surface area contributed by atoms with Gasteiger partial charge in [-0.25, -0.2) is 4.98 Å². The largest absolute Gasteiger partial charge is 0.356 e. The summed E-state index contributed by atoms with van der Waals surface area (Å²) in [5.74, 6) is 1.02. The van der Waals surface area contributed by atoms with Crippen LogP contribution in [0.2, 0.25) is 0 Å². The molecule has 1 fully saturated rings. The molecule has 1 aromatic rings. The average Bonchev–Trinajstić information content (AvgIpc) is 2.78. The van der Waals surface area contributed by atoms with Crippen LogP contribution in [0.15, 0.2) is 12.4 Å². The van der Waals surface area contributed by atoms with Crippen molar-refractivity contribution in [2.75, 3.05) is 11.9 Å². The lowest BCUT2D eigenvalue weighted by Gasteiger charge is -2.24. The van der Waals surface area contributed by atoms with Crippen molar-refractivity contribution in [1.29, 1.82) is 0 Å². The summed E-state index contributed by atoms with van der Waals surface area (Å²) in [5, 5.41) is 3.30. The van der Waals surface area contributed by atoms with E-state index in [-0.39, 0.29) is 0 Å². The minimum atomic E-state index is 0.491. The van der Waals surface area contributed by atoms with Gasteiger partial charge in [-0.3, -0.25) is 0 Å². The van der Waals surface area contributed by atoms with Gasteiger partial charge in [0, 0.05) is 25.5 Å². The SMILES string of the molecule is CCNc1nccn1CC1(C)CCCC1. The molecule has 0 aromatic carbocycles. The van der Waals surface area contributed by atoms with Crippen LogP contribution in [0.3, 0.4) is 0 Å². The summed E-state index contributed by atoms with van der Waals surface area (Å²) >= 11 is 0. The summed E-state index contributed by atoms with van der Waals surface area (Å²) in [6.45, 7) is 6.55. The van der Waals surface area contributed by atoms with E-state index in [9.17, 15) is 0 Å². The molecule has 3 heteroatoms. The first kappa shape index (κ1) is 10.5. The molecule has 0 bridgehead atoms. The molecule has 15 heavy (non-hydrogen) atoms. The van der Waals surface area contributed by atoms with Crippen LogP contribution in [0.1, 0.15) is 39.5 Å². The van der Waals surface area contributed by atoms with Crippen molar-refractivity contribution in [3.05, 3.63) is 12.4 Å². The normalized spacial score (nSPS) is 19.3. The zero-order valence-electron chi connectivity index (χ0n) is 9.79. The zero-order valence-corrected chi connectivity index (χ0v) is 9.79. The van der Waals surface area contributed by atoms with Gasteiger partial charge in [-0.2, -0.15) is 0 Å². The van der Waals surface area contributed by atoms with Crippen molar-refractivity contribution in [2.45, 2.75) is 46.1 Å². The molecule has 1 aromatic heterocycles. The van der Waals surface area contributed by atoms with E-state index in [1.807, 2.05) is 6.20 Å². The minimum Gasteiger partial charge on any atom is -0.356 e. The van der Waals surface area contributed by atoms with E-state index in [2.05, 4.69) is 34.9 Å². The Morgan fingerprint density at radius 3 is 2.87 bits per heavy atom. The van der Waals surface area contributed by atoms with Crippen LogP contribution >= 0.6 is 0 Å². The van der Waals surface area contributed by atoms with Gasteiger partial charge in [0.2, 0.25) is 5.95 Å². The number of hydrogen-bond donors (Lipinski definition) is 1. The third-order valence-corrected chi connectivity index (χ3v) is 3.41. The maximum atomic E-state index is 4.33. The molecule has 84 valence electrons. The highest BCUT2D eigenvalue weighted by Crippen LogP contribution is 2.39. The van der Waals surface area contributed by atoms with E-state index in [1.165, 1.54) is 25.7 Å². The fraction of sp³-hybridized carbons (Fsp3) is 0.750. The Labute approximate surface area is 91.9 Å². The topological polar surface area (TPSA) is 29.9 Å². The Morgan fingerprint density at radius 2 is 2.20 bits per heavy atom. The molecule has 0 amide bonds. The van der Waals surface area contributed by atoms with Crippen molar-refractivity contribution < 1.29 is 0 Å². The van der Waals surface area contributed by atoms with Crippen molar-refractivity contribution >= 4 is 5.95 Å². The van der Waals surface area contributed by atoms with Gasteiger partial charge in [-0.1, -0.05) is 19.8 Å². The molecule has 1 heterocycles. The van der Waals surface area contributed by atoms with Crippen LogP contribution in [-0.4, -0.2) is 16.1 Å². The summed E-state index contributed by atoms with van der Waals surface area (Å²) in [4.78, 5) is 4.33. The summed E-state index contributed by atoms with van der Waals surface area (Å²) in [5.41, 5.74) is 0.491. The highest BCUT2D eigenvalue weighted by molar-refractivity contribution is 5.25. The fourth-order valence-corrected chi connectivity index (χ4v) is 2.56. The molecule has 1 aliphatic carbocycles. The Balaban J connectivity index is 2.06. The highest BCUT2D eigenvalue weighted by atomic mass is 15.2. The Hall–Kier alpha value is -0.990. The average molecular weight is 207 g/mol. The second-order valence-electron chi connectivity index (χ2n) is 4.93. The van der Waals surface area contributed by atoms with E-state index in [0.29, 0.717) is 5.41 Å². The fourth-order valence-electron chi connectivity index (χ4n) is 2.56. The van der Waals surface area contributed by atoms with Gasteiger partial charge in [0.15, 0.2) is 0 Å². The number of hydrogen-bond acceptors (Lipinski definition) is 2. The van der Waals surface area contributed by atoms with Crippen LogP contribution in [0, 0.1) is 5.41 Å². The van der Waals surface area contributed by atoms with E-state index < -0.39 is 0 Å². The van der Waals surface area contributed by atoms with Crippen molar-refractivity contribution in [3.8, 4) is 0 Å². The van der Waals surface area contributed by atoms with Crippen LogP contribution in [0.5, 0.6) is 0 Å². The molecule has 0 saturated heterocycles. The first-order chi connectivity index (χ1) is 7.23. The predicted octanol–water partition coefficient (Wildman–Crippen LogP) is 2.90. The van der Waals surface area contributed by atoms with Crippen LogP contribution in [0.4, 0.5) is 5.95 Å². The van der Waals surface area contributed by atoms with E-state index in [4.69, 9.17) is 0 Å². The summed E-state index contributed by atoms with van der Waals surface area (Å²) in [6, 6.07) is 0. The maximum absolute atomic E-state index is 4.33. The van der Waals surface area contributed by atoms with E-state index >= 15 is 0 Å². The van der Waals surface area contributed by atoms with E-state index in [1.54, 1.807) is 0 Å². The van der Waals surface area contributed by atoms with Gasteiger partial charge in [0.05, 0.1) is 0 Å². The second kappa shape index (κ2) is 4.25. The Kier molecular flexibility index (Phi) is 2.98. The lowest BCUT2D eigenvalue weighted by Crippen LogP contribution is -2.20. The monoisotopic (exact) mass is 207 g/mol. The molecule has 2 rings (SSSR count). The molecule has 0 aliphatic heterocycles. The van der Waals surface area contributed by atoms with Crippen molar-refractivity contribution in [2.24, 2.45) is 5.41 Å². The van der Waals surface area contributed by atoms with Crippen LogP contribution < -0.4 is 5.32 Å². The summed E-state index contributed by atoms with van der Waals surface area (Å²) in [6.07, 6.45) is 9.47. The summed E-state index contributed by atoms with van der Waals surface area (Å²) in [7, 11) is 0. The van der Waals surface area contributed by atoms with Gasteiger partial charge in [-0.05, 0) is 25.2 Å². The van der Waals surface area contributed by atoms with Crippen LogP contribution in [-0.2, 0) is 6.54 Å². The van der Waals surface area contributed by atoms with Crippen LogP contribution in [0.25, 0.3) is 0 Å². The number of aromatic nitrogens is 2. The maximum Gasteiger partial charge on any atom is 0.202 e. The van der Waals surface area contributed by atoms with Gasteiger partial charge >= 0.3 is 0 Å². The quantitative estimate of drug-likeness (QED) is 0.822. The molecule has 0 unspecified atom stereocenters. The molecular formula is C12H21N3. The first-order valence-corrected chi connectivity index (χ1v) is 5.98. The van der Waals surface area contributed by atoms with E-state index in [0.717, 1.165) is 19.0 Å². The number of nitrogens with zero attached hydrogens (tertiary/aromatic N) is 2. The zero-order chi connectivity index (χ0) is 10.7. The number of anilines is 1. The first-order valence-electron chi connectivity index (χ1n) is 5.98. The lowest BCUT2D eigenvalue weighted by atomic mass is 9.89. The third kappa shape index (κ3) is 2.33. The number of imidazole rings is 1. The van der Waals surface area contributed by atoms with Crippen molar-refractivity contribution in [3.63, 3.8) is 0 Å². The predicted molar refractivity (Wildman–Crippen MR) is 63.0 cm³/mol. The molecule has 3 nitrogen and oxygen atoms in total. The number of rotatable bonds is 4. The molecule has 0 radical (unpaired) electrons. The van der Waals surface area contributed by atoms with Gasteiger partial charge < -0.3 is 9.88 Å². The third-order valence-electron chi connectivity index (χ3n) is 3.41. The molecule has 0 spiro atoms.